The Bertz CT molecular complexity index is 352. The Morgan fingerprint density at radius 3 is 2.62 bits per heavy atom. The van der Waals surface area contributed by atoms with Crippen LogP contribution in [0.2, 0.25) is 0 Å². The molecule has 2 rings (SSSR count). The lowest BCUT2D eigenvalue weighted by molar-refractivity contribution is 0.468. The summed E-state index contributed by atoms with van der Waals surface area (Å²) < 4.78 is 12.0. The first kappa shape index (κ1) is 11.8. The molecular weight excluding hydrogens is 218 g/mol. The molecule has 0 heterocycles. The second-order valence-corrected chi connectivity index (χ2v) is 6.08. The monoisotopic (exact) mass is 237 g/mol. The van der Waals surface area contributed by atoms with Crippen LogP contribution >= 0.6 is 0 Å². The molecule has 0 aromatic heterocycles. The zero-order valence-electron chi connectivity index (χ0n) is 9.47. The van der Waals surface area contributed by atoms with Crippen LogP contribution < -0.4 is 5.73 Å². The zero-order chi connectivity index (χ0) is 11.4. The Morgan fingerprint density at radius 1 is 1.25 bits per heavy atom. The molecule has 1 fully saturated rings. The van der Waals surface area contributed by atoms with Gasteiger partial charge in [0.05, 0.1) is 10.8 Å². The van der Waals surface area contributed by atoms with E-state index in [4.69, 9.17) is 5.73 Å². The van der Waals surface area contributed by atoms with Gasteiger partial charge in [0.25, 0.3) is 0 Å². The van der Waals surface area contributed by atoms with Gasteiger partial charge in [-0.05, 0) is 37.3 Å². The number of hydrogen-bond donors (Lipinski definition) is 1. The molecule has 2 nitrogen and oxygen atoms in total. The van der Waals surface area contributed by atoms with Crippen molar-refractivity contribution in [1.82, 2.24) is 0 Å². The molecular formula is C13H19NOS. The van der Waals surface area contributed by atoms with Crippen LogP contribution in [-0.2, 0) is 10.8 Å². The van der Waals surface area contributed by atoms with Crippen LogP contribution in [0.3, 0.4) is 0 Å². The molecule has 1 aromatic carbocycles. The third-order valence-corrected chi connectivity index (χ3v) is 4.80. The Morgan fingerprint density at radius 2 is 2.00 bits per heavy atom. The van der Waals surface area contributed by atoms with E-state index in [-0.39, 0.29) is 0 Å². The van der Waals surface area contributed by atoms with E-state index >= 15 is 0 Å². The van der Waals surface area contributed by atoms with Gasteiger partial charge in [-0.3, -0.25) is 4.21 Å². The van der Waals surface area contributed by atoms with Gasteiger partial charge >= 0.3 is 0 Å². The minimum atomic E-state index is -0.850. The fourth-order valence-electron chi connectivity index (χ4n) is 2.37. The lowest BCUT2D eigenvalue weighted by atomic mass is 10.0. The van der Waals surface area contributed by atoms with Crippen molar-refractivity contribution in [3.8, 4) is 0 Å². The Kier molecular flexibility index (Phi) is 4.13. The first-order valence-electron chi connectivity index (χ1n) is 5.96. The summed E-state index contributed by atoms with van der Waals surface area (Å²) >= 11 is 0. The van der Waals surface area contributed by atoms with Gasteiger partial charge in [-0.1, -0.05) is 24.6 Å². The number of hydrogen-bond acceptors (Lipinski definition) is 2. The summed E-state index contributed by atoms with van der Waals surface area (Å²) in [5.74, 6) is 1.34. The van der Waals surface area contributed by atoms with Crippen LogP contribution in [0.15, 0.2) is 35.2 Å². The molecule has 3 unspecified atom stereocenters. The predicted molar refractivity (Wildman–Crippen MR) is 67.7 cm³/mol. The maximum absolute atomic E-state index is 12.0. The molecule has 2 N–H and O–H groups in total. The molecule has 1 saturated carbocycles. The zero-order valence-corrected chi connectivity index (χ0v) is 10.3. The number of nitrogens with two attached hydrogens (primary N) is 1. The molecule has 1 aliphatic carbocycles. The Hall–Kier alpha value is -0.670. The molecule has 0 bridgehead atoms. The van der Waals surface area contributed by atoms with Gasteiger partial charge in [0.1, 0.15) is 0 Å². The van der Waals surface area contributed by atoms with Crippen molar-refractivity contribution >= 4 is 10.8 Å². The van der Waals surface area contributed by atoms with E-state index in [2.05, 4.69) is 0 Å². The van der Waals surface area contributed by atoms with Gasteiger partial charge in [0.15, 0.2) is 0 Å². The van der Waals surface area contributed by atoms with Crippen molar-refractivity contribution < 1.29 is 4.21 Å². The molecule has 0 saturated heterocycles. The largest absolute Gasteiger partial charge is 0.327 e. The smallest absolute Gasteiger partial charge is 0.0529 e. The lowest BCUT2D eigenvalue weighted by Crippen LogP contribution is -2.25. The van der Waals surface area contributed by atoms with Crippen LogP contribution in [0, 0.1) is 5.92 Å². The van der Waals surface area contributed by atoms with E-state index in [1.807, 2.05) is 30.3 Å². The summed E-state index contributed by atoms with van der Waals surface area (Å²) in [5.41, 5.74) is 6.00. The minimum Gasteiger partial charge on any atom is -0.327 e. The third-order valence-electron chi connectivity index (χ3n) is 3.40. The van der Waals surface area contributed by atoms with E-state index in [0.29, 0.717) is 12.0 Å². The van der Waals surface area contributed by atoms with E-state index in [1.165, 1.54) is 12.8 Å². The van der Waals surface area contributed by atoms with E-state index in [9.17, 15) is 4.21 Å². The highest BCUT2D eigenvalue weighted by atomic mass is 32.2. The van der Waals surface area contributed by atoms with Gasteiger partial charge in [0.2, 0.25) is 0 Å². The quantitative estimate of drug-likeness (QED) is 0.873. The summed E-state index contributed by atoms with van der Waals surface area (Å²) in [6, 6.07) is 10.0. The number of rotatable bonds is 4. The number of benzene rings is 1. The highest BCUT2D eigenvalue weighted by Crippen LogP contribution is 2.27. The predicted octanol–water partition coefficient (Wildman–Crippen LogP) is 2.31. The highest BCUT2D eigenvalue weighted by Gasteiger charge is 2.23. The summed E-state index contributed by atoms with van der Waals surface area (Å²) in [4.78, 5) is 0.939. The van der Waals surface area contributed by atoms with Crippen LogP contribution in [0.5, 0.6) is 0 Å². The van der Waals surface area contributed by atoms with Crippen molar-refractivity contribution in [2.45, 2.75) is 36.6 Å². The topological polar surface area (TPSA) is 43.1 Å². The van der Waals surface area contributed by atoms with Crippen molar-refractivity contribution in [3.63, 3.8) is 0 Å². The molecule has 0 amide bonds. The summed E-state index contributed by atoms with van der Waals surface area (Å²) in [6.07, 6.45) is 4.60. The Labute approximate surface area is 99.7 Å². The third kappa shape index (κ3) is 2.92. The summed E-state index contributed by atoms with van der Waals surface area (Å²) in [7, 11) is -0.850. The van der Waals surface area contributed by atoms with Gasteiger partial charge in [-0.2, -0.15) is 0 Å². The van der Waals surface area contributed by atoms with Gasteiger partial charge in [0, 0.05) is 16.7 Å². The average molecular weight is 237 g/mol. The molecule has 1 aliphatic rings. The first-order chi connectivity index (χ1) is 7.77. The fraction of sp³-hybridized carbons (Fsp3) is 0.538. The first-order valence-corrected chi connectivity index (χ1v) is 7.28. The normalized spacial score (nSPS) is 26.8. The standard InChI is InChI=1S/C13H19NOS/c14-13-8-4-5-11(13)9-10-16(15)12-6-2-1-3-7-12/h1-3,6-7,11,13H,4-5,8-10,14H2. The summed E-state index contributed by atoms with van der Waals surface area (Å²) in [5, 5.41) is 0. The molecule has 88 valence electrons. The summed E-state index contributed by atoms with van der Waals surface area (Å²) in [6.45, 7) is 0. The maximum atomic E-state index is 12.0. The van der Waals surface area contributed by atoms with Crippen molar-refractivity contribution in [1.29, 1.82) is 0 Å². The molecule has 0 radical (unpaired) electrons. The second kappa shape index (κ2) is 5.60. The van der Waals surface area contributed by atoms with Crippen LogP contribution in [-0.4, -0.2) is 16.0 Å². The van der Waals surface area contributed by atoms with E-state index in [0.717, 1.165) is 23.5 Å². The van der Waals surface area contributed by atoms with Crippen LogP contribution in [0.25, 0.3) is 0 Å². The minimum absolute atomic E-state index is 0.341. The molecule has 1 aromatic rings. The lowest BCUT2D eigenvalue weighted by Gasteiger charge is -2.14. The fourth-order valence-corrected chi connectivity index (χ4v) is 3.59. The van der Waals surface area contributed by atoms with Gasteiger partial charge < -0.3 is 5.73 Å². The molecule has 0 spiro atoms. The second-order valence-electron chi connectivity index (χ2n) is 4.51. The van der Waals surface area contributed by atoms with Crippen molar-refractivity contribution in [3.05, 3.63) is 30.3 Å². The van der Waals surface area contributed by atoms with Crippen LogP contribution in [0.4, 0.5) is 0 Å². The molecule has 3 atom stereocenters. The van der Waals surface area contributed by atoms with Gasteiger partial charge in [-0.15, -0.1) is 0 Å². The average Bonchev–Trinajstić information content (AvgIpc) is 2.73. The molecule has 3 heteroatoms. The van der Waals surface area contributed by atoms with Crippen LogP contribution in [0.1, 0.15) is 25.7 Å². The highest BCUT2D eigenvalue weighted by molar-refractivity contribution is 7.85. The van der Waals surface area contributed by atoms with E-state index in [1.54, 1.807) is 0 Å². The van der Waals surface area contributed by atoms with E-state index < -0.39 is 10.8 Å². The molecule has 16 heavy (non-hydrogen) atoms. The maximum Gasteiger partial charge on any atom is 0.0529 e. The van der Waals surface area contributed by atoms with Gasteiger partial charge in [-0.25, -0.2) is 0 Å². The van der Waals surface area contributed by atoms with Crippen molar-refractivity contribution in [2.75, 3.05) is 5.75 Å². The SMILES string of the molecule is NC1CCCC1CCS(=O)c1ccccc1. The molecule has 0 aliphatic heterocycles. The van der Waals surface area contributed by atoms with Crippen molar-refractivity contribution in [2.24, 2.45) is 11.7 Å². The Balaban J connectivity index is 1.84.